The molecule has 3 aromatic rings. The number of anilines is 1. The molecule has 1 saturated heterocycles. The Morgan fingerprint density at radius 1 is 1.27 bits per heavy atom. The lowest BCUT2D eigenvalue weighted by atomic mass is 10.1. The van der Waals surface area contributed by atoms with Crippen LogP contribution in [-0.2, 0) is 16.0 Å². The fraction of sp³-hybridized carbons (Fsp3) is 0.280. The molecule has 1 aliphatic heterocycles. The van der Waals surface area contributed by atoms with Crippen molar-refractivity contribution in [2.75, 3.05) is 32.1 Å². The van der Waals surface area contributed by atoms with Crippen LogP contribution in [0.25, 0.3) is 17.1 Å². The van der Waals surface area contributed by atoms with Gasteiger partial charge in [-0.15, -0.1) is 0 Å². The summed E-state index contributed by atoms with van der Waals surface area (Å²) < 4.78 is 10.6. The first kappa shape index (κ1) is 22.3. The lowest BCUT2D eigenvalue weighted by molar-refractivity contribution is -0.125. The number of carbonyl (C=O) groups is 2. The van der Waals surface area contributed by atoms with Crippen molar-refractivity contribution in [2.24, 2.45) is 0 Å². The molecular formula is C25H26N4O4. The van der Waals surface area contributed by atoms with Crippen molar-refractivity contribution in [3.8, 4) is 5.88 Å². The summed E-state index contributed by atoms with van der Waals surface area (Å²) in [4.78, 5) is 36.9. The van der Waals surface area contributed by atoms with Gasteiger partial charge >= 0.3 is 6.09 Å². The molecule has 0 saturated carbocycles. The summed E-state index contributed by atoms with van der Waals surface area (Å²) in [6, 6.07) is 13.4. The SMILES string of the molecule is CCc1ccc(N2C[C@H](CN(C)C(=O)/C=C/c3cccc4ncc(OC)nc34)OC2=O)cc1. The summed E-state index contributed by atoms with van der Waals surface area (Å²) in [7, 11) is 3.22. The van der Waals surface area contributed by atoms with E-state index in [9.17, 15) is 9.59 Å². The molecule has 0 N–H and O–H groups in total. The smallest absolute Gasteiger partial charge is 0.414 e. The maximum atomic E-state index is 12.7. The Morgan fingerprint density at radius 3 is 2.79 bits per heavy atom. The number of para-hydroxylation sites is 1. The van der Waals surface area contributed by atoms with E-state index in [2.05, 4.69) is 16.9 Å². The van der Waals surface area contributed by atoms with Crippen LogP contribution in [0.5, 0.6) is 5.88 Å². The number of aryl methyl sites for hydroxylation is 1. The average molecular weight is 447 g/mol. The fourth-order valence-corrected chi connectivity index (χ4v) is 3.69. The van der Waals surface area contributed by atoms with E-state index in [1.165, 1.54) is 23.6 Å². The highest BCUT2D eigenvalue weighted by Crippen LogP contribution is 2.23. The third-order valence-electron chi connectivity index (χ3n) is 5.58. The maximum absolute atomic E-state index is 12.7. The summed E-state index contributed by atoms with van der Waals surface area (Å²) in [5, 5.41) is 0. The molecule has 33 heavy (non-hydrogen) atoms. The molecule has 1 aliphatic rings. The lowest BCUT2D eigenvalue weighted by Gasteiger charge is -2.18. The largest absolute Gasteiger partial charge is 0.480 e. The van der Waals surface area contributed by atoms with Gasteiger partial charge in [0.2, 0.25) is 11.8 Å². The van der Waals surface area contributed by atoms with Crippen LogP contribution in [0.3, 0.4) is 0 Å². The predicted octanol–water partition coefficient (Wildman–Crippen LogP) is 3.70. The number of hydrogen-bond donors (Lipinski definition) is 0. The minimum Gasteiger partial charge on any atom is -0.480 e. The zero-order valence-electron chi connectivity index (χ0n) is 18.9. The highest BCUT2D eigenvalue weighted by atomic mass is 16.6. The average Bonchev–Trinajstić information content (AvgIpc) is 3.21. The highest BCUT2D eigenvalue weighted by molar-refractivity contribution is 5.95. The number of amides is 2. The fourth-order valence-electron chi connectivity index (χ4n) is 3.69. The van der Waals surface area contributed by atoms with Crippen LogP contribution in [-0.4, -0.2) is 60.2 Å². The molecule has 170 valence electrons. The van der Waals surface area contributed by atoms with Crippen molar-refractivity contribution in [3.05, 3.63) is 65.9 Å². The van der Waals surface area contributed by atoms with Crippen LogP contribution in [0, 0.1) is 0 Å². The second kappa shape index (κ2) is 9.68. The first-order valence-electron chi connectivity index (χ1n) is 10.8. The van der Waals surface area contributed by atoms with Crippen LogP contribution < -0.4 is 9.64 Å². The highest BCUT2D eigenvalue weighted by Gasteiger charge is 2.33. The molecule has 1 atom stereocenters. The van der Waals surface area contributed by atoms with E-state index in [-0.39, 0.29) is 5.91 Å². The van der Waals surface area contributed by atoms with Crippen LogP contribution in [0.15, 0.2) is 54.7 Å². The summed E-state index contributed by atoms with van der Waals surface area (Å²) >= 11 is 0. The van der Waals surface area contributed by atoms with E-state index in [0.29, 0.717) is 30.0 Å². The van der Waals surface area contributed by atoms with Gasteiger partial charge in [0.1, 0.15) is 6.10 Å². The summed E-state index contributed by atoms with van der Waals surface area (Å²) in [6.07, 6.45) is 4.87. The molecule has 0 aliphatic carbocycles. The van der Waals surface area contributed by atoms with Gasteiger partial charge < -0.3 is 14.4 Å². The Hall–Kier alpha value is -3.94. The number of hydrogen-bond acceptors (Lipinski definition) is 6. The molecule has 0 bridgehead atoms. The quantitative estimate of drug-likeness (QED) is 0.515. The number of aromatic nitrogens is 2. The molecule has 0 unspecified atom stereocenters. The van der Waals surface area contributed by atoms with Gasteiger partial charge in [-0.3, -0.25) is 9.69 Å². The standard InChI is InChI=1S/C25H26N4O4/c1-4-17-8-11-19(12-9-17)29-16-20(33-25(29)31)15-28(2)23(30)13-10-18-6-5-7-21-24(18)27-22(32-3)14-26-21/h5-14,20H,4,15-16H2,1-3H3/b13-10+/t20-/m0/s1. The third-order valence-corrected chi connectivity index (χ3v) is 5.58. The summed E-state index contributed by atoms with van der Waals surface area (Å²) in [5.41, 5.74) is 4.12. The molecule has 2 aromatic carbocycles. The van der Waals surface area contributed by atoms with Crippen molar-refractivity contribution in [1.82, 2.24) is 14.9 Å². The Morgan fingerprint density at radius 2 is 2.06 bits per heavy atom. The molecule has 8 nitrogen and oxygen atoms in total. The number of rotatable bonds is 7. The van der Waals surface area contributed by atoms with E-state index in [1.807, 2.05) is 42.5 Å². The normalized spacial score (nSPS) is 15.8. The zero-order valence-corrected chi connectivity index (χ0v) is 18.9. The van der Waals surface area contributed by atoms with Crippen LogP contribution in [0.1, 0.15) is 18.1 Å². The predicted molar refractivity (Wildman–Crippen MR) is 126 cm³/mol. The summed E-state index contributed by atoms with van der Waals surface area (Å²) in [5.74, 6) is 0.202. The third kappa shape index (κ3) is 4.95. The Bertz CT molecular complexity index is 1190. The minimum absolute atomic E-state index is 0.204. The van der Waals surface area contributed by atoms with E-state index in [4.69, 9.17) is 9.47 Å². The monoisotopic (exact) mass is 446 g/mol. The topological polar surface area (TPSA) is 84.9 Å². The number of cyclic esters (lactones) is 1. The molecule has 2 amide bonds. The van der Waals surface area contributed by atoms with Gasteiger partial charge in [0.25, 0.3) is 0 Å². The molecular weight excluding hydrogens is 420 g/mol. The molecule has 0 spiro atoms. The number of ether oxygens (including phenoxy) is 2. The Kier molecular flexibility index (Phi) is 6.53. The van der Waals surface area contributed by atoms with E-state index < -0.39 is 12.2 Å². The Balaban J connectivity index is 1.40. The minimum atomic E-state index is -0.404. The van der Waals surface area contributed by atoms with E-state index in [0.717, 1.165) is 17.7 Å². The number of methoxy groups -OCH3 is 1. The van der Waals surface area contributed by atoms with Crippen LogP contribution in [0.4, 0.5) is 10.5 Å². The van der Waals surface area contributed by atoms with E-state index in [1.54, 1.807) is 24.2 Å². The van der Waals surface area contributed by atoms with Crippen molar-refractivity contribution in [1.29, 1.82) is 0 Å². The maximum Gasteiger partial charge on any atom is 0.414 e. The van der Waals surface area contributed by atoms with Gasteiger partial charge in [-0.25, -0.2) is 14.8 Å². The second-order valence-corrected chi connectivity index (χ2v) is 7.82. The first-order valence-corrected chi connectivity index (χ1v) is 10.8. The molecule has 8 heteroatoms. The van der Waals surface area contributed by atoms with Crippen molar-refractivity contribution < 1.29 is 19.1 Å². The molecule has 2 heterocycles. The molecule has 0 radical (unpaired) electrons. The molecule has 4 rings (SSSR count). The van der Waals surface area contributed by atoms with Gasteiger partial charge in [-0.1, -0.05) is 31.2 Å². The van der Waals surface area contributed by atoms with Crippen molar-refractivity contribution in [2.45, 2.75) is 19.4 Å². The number of fused-ring (bicyclic) bond motifs is 1. The van der Waals surface area contributed by atoms with E-state index >= 15 is 0 Å². The van der Waals surface area contributed by atoms with Gasteiger partial charge in [-0.05, 0) is 36.3 Å². The van der Waals surface area contributed by atoms with Gasteiger partial charge in [0.15, 0.2) is 0 Å². The van der Waals surface area contributed by atoms with Crippen molar-refractivity contribution >= 4 is 34.8 Å². The molecule has 1 aromatic heterocycles. The van der Waals surface area contributed by atoms with Gasteiger partial charge in [0, 0.05) is 24.4 Å². The number of likely N-dealkylation sites (N-methyl/N-ethyl adjacent to an activating group) is 1. The summed E-state index contributed by atoms with van der Waals surface area (Å²) in [6.45, 7) is 2.77. The van der Waals surface area contributed by atoms with Crippen molar-refractivity contribution in [3.63, 3.8) is 0 Å². The second-order valence-electron chi connectivity index (χ2n) is 7.82. The number of carbonyl (C=O) groups excluding carboxylic acids is 2. The molecule has 1 fully saturated rings. The van der Waals surface area contributed by atoms with Gasteiger partial charge in [0.05, 0.1) is 37.4 Å². The lowest BCUT2D eigenvalue weighted by Crippen LogP contribution is -2.35. The zero-order chi connectivity index (χ0) is 23.4. The van der Waals surface area contributed by atoms with Gasteiger partial charge in [-0.2, -0.15) is 0 Å². The van der Waals surface area contributed by atoms with Crippen LogP contribution in [0.2, 0.25) is 0 Å². The first-order chi connectivity index (χ1) is 16.0. The number of benzene rings is 2. The number of nitrogens with zero attached hydrogens (tertiary/aromatic N) is 4. The Labute approximate surface area is 192 Å². The van der Waals surface area contributed by atoms with Crippen LogP contribution >= 0.6 is 0 Å².